The topological polar surface area (TPSA) is 25.4 Å². The molecule has 0 fully saturated rings. The molecule has 0 radical (unpaired) electrons. The molecule has 0 spiro atoms. The summed E-state index contributed by atoms with van der Waals surface area (Å²) in [4.78, 5) is 6.81. The van der Waals surface area contributed by atoms with Gasteiger partial charge >= 0.3 is 0 Å². The van der Waals surface area contributed by atoms with E-state index in [0.717, 1.165) is 34.1 Å². The van der Waals surface area contributed by atoms with Gasteiger partial charge < -0.3 is 9.64 Å². The number of nitrogens with zero attached hydrogens (tertiary/aromatic N) is 2. The van der Waals surface area contributed by atoms with Crippen LogP contribution in [0.4, 0.5) is 11.4 Å². The molecule has 3 heteroatoms. The van der Waals surface area contributed by atoms with Crippen molar-refractivity contribution in [1.29, 1.82) is 0 Å². The Bertz CT molecular complexity index is 882. The van der Waals surface area contributed by atoms with Crippen molar-refractivity contribution in [3.05, 3.63) is 66.9 Å². The molecule has 0 unspecified atom stereocenters. The fourth-order valence-electron chi connectivity index (χ4n) is 3.17. The van der Waals surface area contributed by atoms with E-state index in [1.807, 2.05) is 42.6 Å². The average Bonchev–Trinajstić information content (AvgIpc) is 2.59. The summed E-state index contributed by atoms with van der Waals surface area (Å²) in [6.07, 6.45) is 1.82. The lowest BCUT2D eigenvalue weighted by atomic mass is 9.99. The molecule has 0 N–H and O–H groups in total. The van der Waals surface area contributed by atoms with Crippen LogP contribution in [0.3, 0.4) is 0 Å². The molecular formula is C21H20N2O. The summed E-state index contributed by atoms with van der Waals surface area (Å²) in [7, 11) is 0. The molecule has 0 saturated heterocycles. The van der Waals surface area contributed by atoms with Gasteiger partial charge in [0.1, 0.15) is 0 Å². The van der Waals surface area contributed by atoms with E-state index in [9.17, 15) is 0 Å². The fourth-order valence-corrected chi connectivity index (χ4v) is 3.17. The van der Waals surface area contributed by atoms with Crippen molar-refractivity contribution in [2.24, 2.45) is 0 Å². The Balaban J connectivity index is 1.90. The number of rotatable bonds is 1. The van der Waals surface area contributed by atoms with Crippen LogP contribution in [0, 0.1) is 0 Å². The first-order valence-corrected chi connectivity index (χ1v) is 8.16. The maximum Gasteiger partial charge on any atom is 0.151 e. The van der Waals surface area contributed by atoms with Gasteiger partial charge in [-0.1, -0.05) is 18.2 Å². The predicted octanol–water partition coefficient (Wildman–Crippen LogP) is 5.79. The Kier molecular flexibility index (Phi) is 3.31. The number of anilines is 2. The van der Waals surface area contributed by atoms with Gasteiger partial charge in [-0.3, -0.25) is 4.98 Å². The van der Waals surface area contributed by atoms with Crippen molar-refractivity contribution in [3.8, 4) is 22.8 Å². The average molecular weight is 316 g/mol. The van der Waals surface area contributed by atoms with Crippen LogP contribution < -0.4 is 9.64 Å². The largest absolute Gasteiger partial charge is 0.453 e. The van der Waals surface area contributed by atoms with E-state index in [-0.39, 0.29) is 5.54 Å². The molecule has 2 aromatic carbocycles. The van der Waals surface area contributed by atoms with Gasteiger partial charge in [-0.25, -0.2) is 0 Å². The Morgan fingerprint density at radius 3 is 2.33 bits per heavy atom. The predicted molar refractivity (Wildman–Crippen MR) is 98.1 cm³/mol. The van der Waals surface area contributed by atoms with Crippen LogP contribution in [0.5, 0.6) is 11.5 Å². The number of ether oxygens (including phenoxy) is 1. The van der Waals surface area contributed by atoms with Gasteiger partial charge in [0.25, 0.3) is 0 Å². The van der Waals surface area contributed by atoms with E-state index in [1.54, 1.807) is 0 Å². The monoisotopic (exact) mass is 316 g/mol. The lowest BCUT2D eigenvalue weighted by Gasteiger charge is -2.42. The number of aromatic nitrogens is 1. The minimum atomic E-state index is -0.0721. The van der Waals surface area contributed by atoms with Crippen LogP contribution >= 0.6 is 0 Å². The first kappa shape index (κ1) is 14.8. The normalized spacial score (nSPS) is 13.0. The molecule has 1 aromatic heterocycles. The molecule has 24 heavy (non-hydrogen) atoms. The third-order valence-corrected chi connectivity index (χ3v) is 4.16. The number of hydrogen-bond acceptors (Lipinski definition) is 3. The molecule has 0 amide bonds. The van der Waals surface area contributed by atoms with E-state index in [2.05, 4.69) is 54.9 Å². The van der Waals surface area contributed by atoms with Crippen molar-refractivity contribution in [2.45, 2.75) is 26.3 Å². The smallest absolute Gasteiger partial charge is 0.151 e. The molecule has 3 nitrogen and oxygen atoms in total. The van der Waals surface area contributed by atoms with E-state index >= 15 is 0 Å². The highest BCUT2D eigenvalue weighted by molar-refractivity contribution is 5.82. The second-order valence-corrected chi connectivity index (χ2v) is 6.97. The summed E-state index contributed by atoms with van der Waals surface area (Å²) >= 11 is 0. The Hall–Kier alpha value is -2.81. The highest BCUT2D eigenvalue weighted by Gasteiger charge is 2.32. The molecule has 4 rings (SSSR count). The SMILES string of the molecule is CC(C)(C)N1c2ccccc2Oc2ccc(-c3ccccn3)cc21. The molecule has 3 aromatic rings. The molecular weight excluding hydrogens is 296 g/mol. The maximum absolute atomic E-state index is 6.13. The van der Waals surface area contributed by atoms with Crippen molar-refractivity contribution < 1.29 is 4.74 Å². The highest BCUT2D eigenvalue weighted by Crippen LogP contribution is 2.50. The number of pyridine rings is 1. The Labute approximate surface area is 142 Å². The second kappa shape index (κ2) is 5.38. The first-order valence-electron chi connectivity index (χ1n) is 8.16. The first-order chi connectivity index (χ1) is 11.5. The standard InChI is InChI=1S/C21H20N2O/c1-21(2,3)23-17-9-4-5-10-19(17)24-20-12-11-15(14-18(20)23)16-8-6-7-13-22-16/h4-14H,1-3H3. The third kappa shape index (κ3) is 2.42. The van der Waals surface area contributed by atoms with Gasteiger partial charge in [-0.15, -0.1) is 0 Å². The summed E-state index contributed by atoms with van der Waals surface area (Å²) in [5, 5.41) is 0. The molecule has 2 heterocycles. The quantitative estimate of drug-likeness (QED) is 0.568. The lowest BCUT2D eigenvalue weighted by molar-refractivity contribution is 0.451. The molecule has 0 bridgehead atoms. The highest BCUT2D eigenvalue weighted by atomic mass is 16.5. The van der Waals surface area contributed by atoms with Gasteiger partial charge in [-0.2, -0.15) is 0 Å². The van der Waals surface area contributed by atoms with Crippen LogP contribution in [0.15, 0.2) is 66.9 Å². The van der Waals surface area contributed by atoms with Gasteiger partial charge in [-0.05, 0) is 63.2 Å². The number of para-hydroxylation sites is 2. The number of fused-ring (bicyclic) bond motifs is 2. The molecule has 0 aliphatic carbocycles. The molecule has 1 aliphatic heterocycles. The van der Waals surface area contributed by atoms with E-state index in [0.29, 0.717) is 0 Å². The van der Waals surface area contributed by atoms with Crippen LogP contribution in [0.25, 0.3) is 11.3 Å². The summed E-state index contributed by atoms with van der Waals surface area (Å²) in [6, 6.07) is 20.4. The van der Waals surface area contributed by atoms with Crippen molar-refractivity contribution in [3.63, 3.8) is 0 Å². The molecule has 120 valence electrons. The van der Waals surface area contributed by atoms with Crippen LogP contribution in [-0.2, 0) is 0 Å². The zero-order chi connectivity index (χ0) is 16.7. The van der Waals surface area contributed by atoms with Gasteiger partial charge in [0.2, 0.25) is 0 Å². The summed E-state index contributed by atoms with van der Waals surface area (Å²) in [5.74, 6) is 1.77. The van der Waals surface area contributed by atoms with Gasteiger partial charge in [0, 0.05) is 17.3 Å². The van der Waals surface area contributed by atoms with E-state index in [4.69, 9.17) is 4.74 Å². The zero-order valence-electron chi connectivity index (χ0n) is 14.2. The number of hydrogen-bond donors (Lipinski definition) is 0. The van der Waals surface area contributed by atoms with E-state index < -0.39 is 0 Å². The van der Waals surface area contributed by atoms with Gasteiger partial charge in [0.15, 0.2) is 11.5 Å². The minimum absolute atomic E-state index is 0.0721. The Morgan fingerprint density at radius 2 is 1.58 bits per heavy atom. The third-order valence-electron chi connectivity index (χ3n) is 4.16. The summed E-state index contributed by atoms with van der Waals surface area (Å²) in [5.41, 5.74) is 4.15. The Morgan fingerprint density at radius 1 is 0.833 bits per heavy atom. The minimum Gasteiger partial charge on any atom is -0.453 e. The molecule has 0 saturated carbocycles. The second-order valence-electron chi connectivity index (χ2n) is 6.97. The van der Waals surface area contributed by atoms with Crippen LogP contribution in [-0.4, -0.2) is 10.5 Å². The van der Waals surface area contributed by atoms with Crippen LogP contribution in [0.2, 0.25) is 0 Å². The van der Waals surface area contributed by atoms with E-state index in [1.165, 1.54) is 0 Å². The van der Waals surface area contributed by atoms with Gasteiger partial charge in [0.05, 0.1) is 17.1 Å². The summed E-state index contributed by atoms with van der Waals surface area (Å²) < 4.78 is 6.13. The fraction of sp³-hybridized carbons (Fsp3) is 0.190. The van der Waals surface area contributed by atoms with Crippen molar-refractivity contribution in [2.75, 3.05) is 4.90 Å². The lowest BCUT2D eigenvalue weighted by Crippen LogP contribution is -2.39. The van der Waals surface area contributed by atoms with Crippen molar-refractivity contribution in [1.82, 2.24) is 4.98 Å². The summed E-state index contributed by atoms with van der Waals surface area (Å²) in [6.45, 7) is 6.64. The molecule has 0 atom stereocenters. The maximum atomic E-state index is 6.13. The van der Waals surface area contributed by atoms with Crippen LogP contribution in [0.1, 0.15) is 20.8 Å². The van der Waals surface area contributed by atoms with Crippen molar-refractivity contribution >= 4 is 11.4 Å². The number of benzene rings is 2. The molecule has 1 aliphatic rings. The zero-order valence-corrected chi connectivity index (χ0v) is 14.2.